The molecule has 0 N–H and O–H groups in total. The third-order valence-electron chi connectivity index (χ3n) is 1.04. The second-order valence-corrected chi connectivity index (χ2v) is 2.54. The van der Waals surface area contributed by atoms with E-state index in [1.54, 1.807) is 0 Å². The van der Waals surface area contributed by atoms with Gasteiger partial charge in [0, 0.05) is 29.6 Å². The first-order valence-corrected chi connectivity index (χ1v) is 4.31. The van der Waals surface area contributed by atoms with E-state index in [0.717, 1.165) is 9.66 Å². The van der Waals surface area contributed by atoms with Gasteiger partial charge in [-0.1, -0.05) is 13.8 Å². The van der Waals surface area contributed by atoms with Gasteiger partial charge >= 0.3 is 0 Å². The first-order valence-electron chi connectivity index (χ1n) is 3.23. The van der Waals surface area contributed by atoms with E-state index in [2.05, 4.69) is 32.8 Å². The summed E-state index contributed by atoms with van der Waals surface area (Å²) in [6.07, 6.45) is 0. The van der Waals surface area contributed by atoms with Crippen LogP contribution in [0.5, 0.6) is 0 Å². The van der Waals surface area contributed by atoms with Crippen molar-refractivity contribution in [2.24, 2.45) is 7.05 Å². The maximum atomic E-state index is 3.82. The van der Waals surface area contributed by atoms with Crippen molar-refractivity contribution in [2.45, 2.75) is 20.8 Å². The van der Waals surface area contributed by atoms with Crippen LogP contribution in [0, 0.1) is 10.8 Å². The predicted molar refractivity (Wildman–Crippen MR) is 49.8 cm³/mol. The highest BCUT2D eigenvalue weighted by Gasteiger charge is 1.96. The smallest absolute Gasteiger partial charge is 0.194 e. The Balaban J connectivity index is 0.000000371. The minimum atomic E-state index is 0.931. The van der Waals surface area contributed by atoms with Crippen molar-refractivity contribution in [1.82, 2.24) is 14.8 Å². The Morgan fingerprint density at radius 3 is 1.90 bits per heavy atom. The van der Waals surface area contributed by atoms with Gasteiger partial charge in [-0.3, -0.25) is 0 Å². The molecule has 0 saturated heterocycles. The molecule has 0 aliphatic heterocycles. The zero-order valence-electron chi connectivity index (χ0n) is 6.72. The van der Waals surface area contributed by atoms with Crippen LogP contribution >= 0.6 is 22.6 Å². The summed E-state index contributed by atoms with van der Waals surface area (Å²) in [6.45, 7) is 5.93. The number of halogens is 1. The van der Waals surface area contributed by atoms with E-state index in [-0.39, 0.29) is 0 Å². The fourth-order valence-corrected chi connectivity index (χ4v) is 0.838. The fourth-order valence-electron chi connectivity index (χ4n) is 0.381. The van der Waals surface area contributed by atoms with Gasteiger partial charge in [-0.25, -0.2) is 0 Å². The van der Waals surface area contributed by atoms with E-state index in [4.69, 9.17) is 0 Å². The molecule has 1 rings (SSSR count). The zero-order valence-corrected chi connectivity index (χ0v) is 8.88. The van der Waals surface area contributed by atoms with Crippen LogP contribution in [-0.2, 0) is 7.05 Å². The molecule has 0 amide bonds. The average Bonchev–Trinajstić information content (AvgIpc) is 2.25. The van der Waals surface area contributed by atoms with Gasteiger partial charge in [0.1, 0.15) is 5.82 Å². The van der Waals surface area contributed by atoms with Crippen LogP contribution < -0.4 is 0 Å². The molecule has 1 aromatic heterocycles. The second kappa shape index (κ2) is 4.65. The van der Waals surface area contributed by atoms with Gasteiger partial charge in [0.2, 0.25) is 0 Å². The molecule has 0 aliphatic rings. The summed E-state index contributed by atoms with van der Waals surface area (Å²) in [5.41, 5.74) is 0. The molecule has 4 heteroatoms. The Morgan fingerprint density at radius 1 is 1.30 bits per heavy atom. The number of nitrogens with zero attached hydrogens (tertiary/aromatic N) is 3. The monoisotopic (exact) mass is 253 g/mol. The first-order chi connectivity index (χ1) is 4.72. The number of rotatable bonds is 0. The summed E-state index contributed by atoms with van der Waals surface area (Å²) < 4.78 is 2.86. The van der Waals surface area contributed by atoms with Crippen molar-refractivity contribution in [2.75, 3.05) is 0 Å². The summed E-state index contributed by atoms with van der Waals surface area (Å²) in [6, 6.07) is 0. The average molecular weight is 253 g/mol. The molecular formula is C6H12IN3. The van der Waals surface area contributed by atoms with Crippen LogP contribution in [0.1, 0.15) is 19.7 Å². The first kappa shape index (κ1) is 9.87. The van der Waals surface area contributed by atoms with Gasteiger partial charge < -0.3 is 4.57 Å². The summed E-state index contributed by atoms with van der Waals surface area (Å²) in [5.74, 6) is 0.953. The molecule has 58 valence electrons. The molecule has 0 spiro atoms. The molecule has 0 aliphatic carbocycles. The minimum absolute atomic E-state index is 0.931. The summed E-state index contributed by atoms with van der Waals surface area (Å²) in [4.78, 5) is 0. The van der Waals surface area contributed by atoms with Gasteiger partial charge in [0.25, 0.3) is 0 Å². The number of hydrogen-bond donors (Lipinski definition) is 0. The molecule has 0 atom stereocenters. The standard InChI is InChI=1S/C4H6IN3.C2H6/c1-3-6-7-4(5)8(3)2;1-2/h1-2H3;1-2H3. The molecule has 10 heavy (non-hydrogen) atoms. The summed E-state index contributed by atoms with van der Waals surface area (Å²) in [7, 11) is 1.94. The van der Waals surface area contributed by atoms with Crippen molar-refractivity contribution in [3.05, 3.63) is 9.66 Å². The van der Waals surface area contributed by atoms with Crippen molar-refractivity contribution in [1.29, 1.82) is 0 Å². The van der Waals surface area contributed by atoms with Crippen molar-refractivity contribution in [3.63, 3.8) is 0 Å². The minimum Gasteiger partial charge on any atom is -0.310 e. The molecule has 1 heterocycles. The van der Waals surface area contributed by atoms with Crippen LogP contribution in [0.2, 0.25) is 0 Å². The Hall–Kier alpha value is -0.130. The van der Waals surface area contributed by atoms with E-state index < -0.39 is 0 Å². The molecule has 0 radical (unpaired) electrons. The third kappa shape index (κ3) is 2.24. The summed E-state index contributed by atoms with van der Waals surface area (Å²) >= 11 is 2.13. The lowest BCUT2D eigenvalue weighted by molar-refractivity contribution is 0.835. The van der Waals surface area contributed by atoms with Gasteiger partial charge in [0.15, 0.2) is 3.83 Å². The maximum absolute atomic E-state index is 3.82. The Labute approximate surface area is 75.0 Å². The molecule has 0 unspecified atom stereocenters. The molecular weight excluding hydrogens is 241 g/mol. The van der Waals surface area contributed by atoms with Crippen molar-refractivity contribution >= 4 is 22.6 Å². The Kier molecular flexibility index (Phi) is 4.59. The highest BCUT2D eigenvalue weighted by Crippen LogP contribution is 1.98. The third-order valence-corrected chi connectivity index (χ3v) is 1.98. The number of hydrogen-bond acceptors (Lipinski definition) is 2. The quantitative estimate of drug-likeness (QED) is 0.659. The second-order valence-electron chi connectivity index (χ2n) is 1.58. The van der Waals surface area contributed by atoms with E-state index in [9.17, 15) is 0 Å². The lowest BCUT2D eigenvalue weighted by Gasteiger charge is -1.89. The van der Waals surface area contributed by atoms with Crippen molar-refractivity contribution < 1.29 is 0 Å². The lowest BCUT2D eigenvalue weighted by atomic mass is 10.7. The molecule has 0 saturated carbocycles. The SMILES string of the molecule is CC.Cc1nnc(I)n1C. The molecule has 0 bridgehead atoms. The molecule has 1 aromatic rings. The topological polar surface area (TPSA) is 30.7 Å². The van der Waals surface area contributed by atoms with Gasteiger partial charge in [-0.05, 0) is 6.92 Å². The van der Waals surface area contributed by atoms with Crippen LogP contribution in [0.15, 0.2) is 0 Å². The zero-order chi connectivity index (χ0) is 8.15. The molecule has 0 aromatic carbocycles. The van der Waals surface area contributed by atoms with E-state index in [1.807, 2.05) is 32.4 Å². The highest BCUT2D eigenvalue weighted by atomic mass is 127. The predicted octanol–water partition coefficient (Wildman–Crippen LogP) is 1.75. The summed E-state index contributed by atoms with van der Waals surface area (Å²) in [5, 5.41) is 7.64. The fraction of sp³-hybridized carbons (Fsp3) is 0.667. The number of aromatic nitrogens is 3. The Bertz CT molecular complexity index is 175. The van der Waals surface area contributed by atoms with Crippen LogP contribution in [0.25, 0.3) is 0 Å². The van der Waals surface area contributed by atoms with Crippen molar-refractivity contribution in [3.8, 4) is 0 Å². The number of aryl methyl sites for hydroxylation is 1. The van der Waals surface area contributed by atoms with Gasteiger partial charge in [0.05, 0.1) is 0 Å². The highest BCUT2D eigenvalue weighted by molar-refractivity contribution is 14.1. The Morgan fingerprint density at radius 2 is 1.80 bits per heavy atom. The largest absolute Gasteiger partial charge is 0.310 e. The van der Waals surface area contributed by atoms with E-state index in [1.165, 1.54) is 0 Å². The van der Waals surface area contributed by atoms with Crippen LogP contribution in [0.4, 0.5) is 0 Å². The lowest BCUT2D eigenvalue weighted by Crippen LogP contribution is -1.92. The van der Waals surface area contributed by atoms with Gasteiger partial charge in [-0.15, -0.1) is 10.2 Å². The van der Waals surface area contributed by atoms with Crippen LogP contribution in [0.3, 0.4) is 0 Å². The van der Waals surface area contributed by atoms with Crippen LogP contribution in [-0.4, -0.2) is 14.8 Å². The van der Waals surface area contributed by atoms with Gasteiger partial charge in [-0.2, -0.15) is 0 Å². The maximum Gasteiger partial charge on any atom is 0.194 e. The normalized spacial score (nSPS) is 8.50. The molecule has 0 fully saturated rings. The van der Waals surface area contributed by atoms with E-state index in [0.29, 0.717) is 0 Å². The molecule has 3 nitrogen and oxygen atoms in total. The van der Waals surface area contributed by atoms with E-state index >= 15 is 0 Å².